The number of carbonyl (C=O) groups excluding carboxylic acids is 1. The Morgan fingerprint density at radius 1 is 1.31 bits per heavy atom. The van der Waals surface area contributed by atoms with Crippen molar-refractivity contribution in [2.45, 2.75) is 0 Å². The van der Waals surface area contributed by atoms with Gasteiger partial charge in [-0.25, -0.2) is 9.38 Å². The number of phenols is 1. The van der Waals surface area contributed by atoms with Crippen LogP contribution in [0.1, 0.15) is 5.56 Å². The largest absolute Gasteiger partial charge is 0.501 e. The first-order valence-electron chi connectivity index (χ1n) is 7.05. The van der Waals surface area contributed by atoms with E-state index >= 15 is 0 Å². The summed E-state index contributed by atoms with van der Waals surface area (Å²) >= 11 is 4.09. The Bertz CT molecular complexity index is 976. The molecule has 1 fully saturated rings. The molecule has 26 heavy (non-hydrogen) atoms. The van der Waals surface area contributed by atoms with Crippen LogP contribution >= 0.6 is 27.7 Å². The molecule has 0 saturated carbocycles. The lowest BCUT2D eigenvalue weighted by Gasteiger charge is -2.01. The van der Waals surface area contributed by atoms with Crippen molar-refractivity contribution < 1.29 is 19.2 Å². The van der Waals surface area contributed by atoms with Gasteiger partial charge in [-0.1, -0.05) is 0 Å². The molecule has 1 saturated heterocycles. The van der Waals surface area contributed by atoms with Gasteiger partial charge < -0.3 is 10.4 Å². The van der Waals surface area contributed by atoms with Crippen molar-refractivity contribution in [1.29, 1.82) is 0 Å². The molecule has 2 aromatic carbocycles. The number of nitro groups is 1. The summed E-state index contributed by atoms with van der Waals surface area (Å²) < 4.78 is 13.1. The molecule has 0 radical (unpaired) electrons. The Morgan fingerprint density at radius 2 is 2.00 bits per heavy atom. The SMILES string of the molecule is O=C1NC(=Nc2ccc(F)cc2)S/C1=C/c1cc(Br)c(O)c([N+](=O)[O-])c1. The molecule has 2 N–H and O–H groups in total. The molecule has 0 atom stereocenters. The molecule has 0 unspecified atom stereocenters. The molecule has 1 aliphatic heterocycles. The van der Waals surface area contributed by atoms with Crippen LogP contribution in [-0.2, 0) is 4.79 Å². The fraction of sp³-hybridized carbons (Fsp3) is 0. The first-order chi connectivity index (χ1) is 12.3. The molecule has 0 aliphatic carbocycles. The second kappa shape index (κ2) is 7.26. The molecular weight excluding hydrogens is 429 g/mol. The van der Waals surface area contributed by atoms with E-state index in [1.54, 1.807) is 0 Å². The van der Waals surface area contributed by atoms with Gasteiger partial charge in [-0.3, -0.25) is 14.9 Å². The molecule has 1 heterocycles. The number of amides is 1. The lowest BCUT2D eigenvalue weighted by Crippen LogP contribution is -2.19. The van der Waals surface area contributed by atoms with E-state index < -0.39 is 28.1 Å². The minimum Gasteiger partial charge on any atom is -0.501 e. The highest BCUT2D eigenvalue weighted by Gasteiger charge is 2.25. The van der Waals surface area contributed by atoms with Crippen LogP contribution in [0.2, 0.25) is 0 Å². The third-order valence-electron chi connectivity index (χ3n) is 3.27. The maximum absolute atomic E-state index is 12.9. The number of benzene rings is 2. The molecule has 132 valence electrons. The quantitative estimate of drug-likeness (QED) is 0.427. The second-order valence-electron chi connectivity index (χ2n) is 5.09. The number of rotatable bonds is 3. The van der Waals surface area contributed by atoms with E-state index in [1.807, 2.05) is 0 Å². The Balaban J connectivity index is 1.89. The maximum atomic E-state index is 12.9. The van der Waals surface area contributed by atoms with Crippen LogP contribution in [0.25, 0.3) is 6.08 Å². The average molecular weight is 438 g/mol. The predicted molar refractivity (Wildman–Crippen MR) is 99.7 cm³/mol. The normalized spacial score (nSPS) is 16.9. The molecule has 0 aromatic heterocycles. The second-order valence-corrected chi connectivity index (χ2v) is 6.97. The van der Waals surface area contributed by atoms with Crippen LogP contribution in [0.15, 0.2) is 50.8 Å². The van der Waals surface area contributed by atoms with Gasteiger partial charge in [0.25, 0.3) is 5.91 Å². The standard InChI is InChI=1S/C16H9BrFN3O4S/c17-11-5-8(6-12(14(11)22)21(24)25)7-13-15(23)20-16(26-13)19-10-3-1-9(18)2-4-10/h1-7,22H,(H,19,20,23)/b13-7+. The number of aliphatic imine (C=N–C) groups is 1. The Kier molecular flexibility index (Phi) is 5.05. The molecular formula is C16H9BrFN3O4S. The molecule has 0 bridgehead atoms. The van der Waals surface area contributed by atoms with Crippen molar-refractivity contribution in [3.8, 4) is 5.75 Å². The van der Waals surface area contributed by atoms with Crippen LogP contribution < -0.4 is 5.32 Å². The summed E-state index contributed by atoms with van der Waals surface area (Å²) in [6.45, 7) is 0. The number of halogens is 2. The number of thioether (sulfide) groups is 1. The summed E-state index contributed by atoms with van der Waals surface area (Å²) in [6.07, 6.45) is 1.45. The highest BCUT2D eigenvalue weighted by molar-refractivity contribution is 9.10. The Labute approximate surface area is 158 Å². The number of phenolic OH excluding ortho intramolecular Hbond substituents is 1. The predicted octanol–water partition coefficient (Wildman–Crippen LogP) is 4.09. The summed E-state index contributed by atoms with van der Waals surface area (Å²) in [6, 6.07) is 8.07. The number of hydrogen-bond donors (Lipinski definition) is 2. The lowest BCUT2D eigenvalue weighted by molar-refractivity contribution is -0.386. The molecule has 1 aliphatic rings. The van der Waals surface area contributed by atoms with Crippen LogP contribution in [-0.4, -0.2) is 21.1 Å². The van der Waals surface area contributed by atoms with Gasteiger partial charge in [0.15, 0.2) is 5.17 Å². The maximum Gasteiger partial charge on any atom is 0.312 e. The topological polar surface area (TPSA) is 105 Å². The van der Waals surface area contributed by atoms with Crippen LogP contribution in [0.5, 0.6) is 5.75 Å². The third-order valence-corrected chi connectivity index (χ3v) is 4.78. The number of nitro benzene ring substituents is 1. The van der Waals surface area contributed by atoms with E-state index in [4.69, 9.17) is 0 Å². The fourth-order valence-electron chi connectivity index (χ4n) is 2.09. The van der Waals surface area contributed by atoms with E-state index in [1.165, 1.54) is 36.4 Å². The number of aromatic hydroxyl groups is 1. The van der Waals surface area contributed by atoms with Gasteiger partial charge in [0.2, 0.25) is 5.75 Å². The Morgan fingerprint density at radius 3 is 2.65 bits per heavy atom. The smallest absolute Gasteiger partial charge is 0.312 e. The zero-order valence-electron chi connectivity index (χ0n) is 12.8. The van der Waals surface area contributed by atoms with E-state index in [0.29, 0.717) is 16.4 Å². The highest BCUT2D eigenvalue weighted by atomic mass is 79.9. The highest BCUT2D eigenvalue weighted by Crippen LogP contribution is 2.37. The van der Waals surface area contributed by atoms with E-state index in [2.05, 4.69) is 26.2 Å². The van der Waals surface area contributed by atoms with Gasteiger partial charge in [-0.2, -0.15) is 0 Å². The van der Waals surface area contributed by atoms with Gasteiger partial charge >= 0.3 is 5.69 Å². The van der Waals surface area contributed by atoms with Crippen molar-refractivity contribution >= 4 is 56.2 Å². The minimum atomic E-state index is -0.717. The van der Waals surface area contributed by atoms with Gasteiger partial charge in [0.05, 0.1) is 20.0 Å². The number of hydrogen-bond acceptors (Lipinski definition) is 6. The van der Waals surface area contributed by atoms with Gasteiger partial charge in [0, 0.05) is 6.07 Å². The molecule has 0 spiro atoms. The molecule has 1 amide bonds. The third kappa shape index (κ3) is 3.92. The van der Waals surface area contributed by atoms with Crippen molar-refractivity contribution in [1.82, 2.24) is 5.32 Å². The summed E-state index contributed by atoms with van der Waals surface area (Å²) in [5.74, 6) is -1.29. The Hall–Kier alpha value is -2.72. The summed E-state index contributed by atoms with van der Waals surface area (Å²) in [7, 11) is 0. The van der Waals surface area contributed by atoms with Crippen LogP contribution in [0.4, 0.5) is 15.8 Å². The minimum absolute atomic E-state index is 0.141. The summed E-state index contributed by atoms with van der Waals surface area (Å²) in [5, 5.41) is 23.5. The zero-order chi connectivity index (χ0) is 18.8. The number of amidine groups is 1. The molecule has 3 rings (SSSR count). The van der Waals surface area contributed by atoms with E-state index in [-0.39, 0.29) is 9.38 Å². The van der Waals surface area contributed by atoms with Gasteiger partial charge in [-0.15, -0.1) is 0 Å². The van der Waals surface area contributed by atoms with E-state index in [9.17, 15) is 24.4 Å². The van der Waals surface area contributed by atoms with Crippen LogP contribution in [0.3, 0.4) is 0 Å². The average Bonchev–Trinajstić information content (AvgIpc) is 2.92. The fourth-order valence-corrected chi connectivity index (χ4v) is 3.40. The van der Waals surface area contributed by atoms with Crippen molar-refractivity contribution in [2.75, 3.05) is 0 Å². The van der Waals surface area contributed by atoms with E-state index in [0.717, 1.165) is 17.8 Å². The van der Waals surface area contributed by atoms with Crippen LogP contribution in [0, 0.1) is 15.9 Å². The van der Waals surface area contributed by atoms with Crippen molar-refractivity contribution in [3.63, 3.8) is 0 Å². The van der Waals surface area contributed by atoms with Gasteiger partial charge in [0.1, 0.15) is 5.82 Å². The monoisotopic (exact) mass is 437 g/mol. The summed E-state index contributed by atoms with van der Waals surface area (Å²) in [5.41, 5.74) is 0.357. The number of nitrogens with zero attached hydrogens (tertiary/aromatic N) is 2. The van der Waals surface area contributed by atoms with Gasteiger partial charge in [-0.05, 0) is 69.7 Å². The zero-order valence-corrected chi connectivity index (χ0v) is 15.2. The molecule has 7 nitrogen and oxygen atoms in total. The van der Waals surface area contributed by atoms with Crippen molar-refractivity contribution in [2.24, 2.45) is 4.99 Å². The molecule has 2 aromatic rings. The first kappa shape index (κ1) is 18.1. The lowest BCUT2D eigenvalue weighted by atomic mass is 10.1. The van der Waals surface area contributed by atoms with Crippen molar-refractivity contribution in [3.05, 3.63) is 67.3 Å². The molecule has 10 heteroatoms. The first-order valence-corrected chi connectivity index (χ1v) is 8.66. The number of nitrogens with one attached hydrogen (secondary N) is 1. The number of carbonyl (C=O) groups is 1. The summed E-state index contributed by atoms with van der Waals surface area (Å²) in [4.78, 5) is 26.8.